The molecule has 2 aliphatic heterocycles. The molecule has 0 aliphatic carbocycles. The molecule has 5 heteroatoms. The first kappa shape index (κ1) is 18.2. The van der Waals surface area contributed by atoms with Gasteiger partial charge < -0.3 is 19.7 Å². The third kappa shape index (κ3) is 5.44. The number of hydrogen-bond acceptors (Lipinski definition) is 4. The van der Waals surface area contributed by atoms with Crippen LogP contribution < -0.4 is 10.1 Å². The van der Waals surface area contributed by atoms with Gasteiger partial charge in [0.2, 0.25) is 5.91 Å². The minimum absolute atomic E-state index is 0.0287. The van der Waals surface area contributed by atoms with Crippen LogP contribution in [-0.4, -0.2) is 50.8 Å². The van der Waals surface area contributed by atoms with Crippen molar-refractivity contribution in [3.63, 3.8) is 0 Å². The van der Waals surface area contributed by atoms with Gasteiger partial charge in [-0.25, -0.2) is 0 Å². The average Bonchev–Trinajstić information content (AvgIpc) is 3.15. The third-order valence-electron chi connectivity index (χ3n) is 5.22. The normalized spacial score (nSPS) is 22.5. The molecular formula is C20H30N2O3. The monoisotopic (exact) mass is 346 g/mol. The molecule has 2 atom stereocenters. The van der Waals surface area contributed by atoms with Crippen LogP contribution in [0, 0.1) is 5.92 Å². The fourth-order valence-corrected chi connectivity index (χ4v) is 3.78. The Morgan fingerprint density at radius 1 is 1.28 bits per heavy atom. The van der Waals surface area contributed by atoms with Gasteiger partial charge >= 0.3 is 0 Å². The first-order valence-corrected chi connectivity index (χ1v) is 9.48. The van der Waals surface area contributed by atoms with E-state index in [0.717, 1.165) is 50.4 Å². The molecule has 0 unspecified atom stereocenters. The van der Waals surface area contributed by atoms with Crippen molar-refractivity contribution < 1.29 is 14.3 Å². The maximum absolute atomic E-state index is 12.6. The first-order chi connectivity index (χ1) is 12.2. The number of hydrogen-bond donors (Lipinski definition) is 1. The van der Waals surface area contributed by atoms with E-state index in [2.05, 4.69) is 22.3 Å². The Morgan fingerprint density at radius 2 is 2.04 bits per heavy atom. The fourth-order valence-electron chi connectivity index (χ4n) is 3.78. The largest absolute Gasteiger partial charge is 0.497 e. The quantitative estimate of drug-likeness (QED) is 0.825. The smallest absolute Gasteiger partial charge is 0.220 e. The fraction of sp³-hybridized carbons (Fsp3) is 0.650. The summed E-state index contributed by atoms with van der Waals surface area (Å²) in [6.07, 6.45) is 5.22. The molecule has 0 radical (unpaired) electrons. The number of carbonyl (C=O) groups excluding carboxylic acids is 1. The van der Waals surface area contributed by atoms with Gasteiger partial charge in [0.15, 0.2) is 0 Å². The number of likely N-dealkylation sites (tertiary alicyclic amines) is 1. The van der Waals surface area contributed by atoms with E-state index >= 15 is 0 Å². The molecule has 138 valence electrons. The Bertz CT molecular complexity index is 534. The Balaban J connectivity index is 1.62. The van der Waals surface area contributed by atoms with Crippen LogP contribution in [0.2, 0.25) is 0 Å². The van der Waals surface area contributed by atoms with Crippen LogP contribution in [0.15, 0.2) is 24.3 Å². The van der Waals surface area contributed by atoms with Crippen LogP contribution in [0.25, 0.3) is 0 Å². The molecule has 0 saturated carbocycles. The zero-order chi connectivity index (χ0) is 17.5. The molecule has 2 heterocycles. The highest BCUT2D eigenvalue weighted by Gasteiger charge is 2.23. The van der Waals surface area contributed by atoms with Gasteiger partial charge in [-0.3, -0.25) is 4.79 Å². The van der Waals surface area contributed by atoms with Crippen LogP contribution in [0.3, 0.4) is 0 Å². The third-order valence-corrected chi connectivity index (χ3v) is 5.22. The Morgan fingerprint density at radius 3 is 2.68 bits per heavy atom. The summed E-state index contributed by atoms with van der Waals surface area (Å²) < 4.78 is 10.8. The Labute approximate surface area is 150 Å². The van der Waals surface area contributed by atoms with Crippen LogP contribution >= 0.6 is 0 Å². The van der Waals surface area contributed by atoms with E-state index in [1.807, 2.05) is 12.1 Å². The molecule has 1 aromatic carbocycles. The van der Waals surface area contributed by atoms with E-state index in [1.54, 1.807) is 7.11 Å². The molecule has 1 aromatic rings. The minimum atomic E-state index is 0.0287. The maximum atomic E-state index is 12.6. The second-order valence-corrected chi connectivity index (χ2v) is 7.19. The summed E-state index contributed by atoms with van der Waals surface area (Å²) in [5.74, 6) is 1.34. The molecule has 5 nitrogen and oxygen atoms in total. The summed E-state index contributed by atoms with van der Waals surface area (Å²) in [4.78, 5) is 15.0. The Hall–Kier alpha value is -1.59. The van der Waals surface area contributed by atoms with Crippen molar-refractivity contribution in [2.24, 2.45) is 5.92 Å². The van der Waals surface area contributed by atoms with E-state index in [0.29, 0.717) is 18.9 Å². The summed E-state index contributed by atoms with van der Waals surface area (Å²) in [5.41, 5.74) is 1.14. The average molecular weight is 346 g/mol. The maximum Gasteiger partial charge on any atom is 0.220 e. The van der Waals surface area contributed by atoms with E-state index < -0.39 is 0 Å². The zero-order valence-electron chi connectivity index (χ0n) is 15.2. The number of rotatable bonds is 7. The number of methoxy groups -OCH3 is 1. The standard InChI is InChI=1S/C20H30N2O3/c1-24-18-8-6-17(7-9-18)19(14-22-10-2-3-11-22)21-20(23)13-16-5-4-12-25-15-16/h6-9,16,19H,2-5,10-15H2,1H3,(H,21,23)/t16-,19-/m0/s1. The van der Waals surface area contributed by atoms with Crippen molar-refractivity contribution in [3.8, 4) is 5.75 Å². The number of nitrogens with one attached hydrogen (secondary N) is 1. The lowest BCUT2D eigenvalue weighted by Gasteiger charge is -2.27. The van der Waals surface area contributed by atoms with E-state index in [-0.39, 0.29) is 11.9 Å². The second-order valence-electron chi connectivity index (χ2n) is 7.19. The highest BCUT2D eigenvalue weighted by molar-refractivity contribution is 5.76. The molecule has 3 rings (SSSR count). The number of benzene rings is 1. The van der Waals surface area contributed by atoms with E-state index in [1.165, 1.54) is 12.8 Å². The summed E-state index contributed by atoms with van der Waals surface area (Å²) in [6, 6.07) is 8.08. The summed E-state index contributed by atoms with van der Waals surface area (Å²) in [7, 11) is 1.67. The van der Waals surface area contributed by atoms with Crippen molar-refractivity contribution in [1.82, 2.24) is 10.2 Å². The lowest BCUT2D eigenvalue weighted by atomic mass is 9.97. The van der Waals surface area contributed by atoms with Crippen LogP contribution in [0.4, 0.5) is 0 Å². The van der Waals surface area contributed by atoms with Gasteiger partial charge in [0, 0.05) is 26.2 Å². The van der Waals surface area contributed by atoms with E-state index in [4.69, 9.17) is 9.47 Å². The zero-order valence-corrected chi connectivity index (χ0v) is 15.2. The summed E-state index contributed by atoms with van der Waals surface area (Å²) >= 11 is 0. The molecule has 2 saturated heterocycles. The van der Waals surface area contributed by atoms with Gasteiger partial charge in [-0.2, -0.15) is 0 Å². The van der Waals surface area contributed by atoms with Crippen molar-refractivity contribution in [2.75, 3.05) is 40.0 Å². The van der Waals surface area contributed by atoms with Crippen LogP contribution in [-0.2, 0) is 9.53 Å². The highest BCUT2D eigenvalue weighted by Crippen LogP contribution is 2.22. The topological polar surface area (TPSA) is 50.8 Å². The van der Waals surface area contributed by atoms with Crippen molar-refractivity contribution >= 4 is 5.91 Å². The predicted octanol–water partition coefficient (Wildman–Crippen LogP) is 2.77. The highest BCUT2D eigenvalue weighted by atomic mass is 16.5. The molecule has 25 heavy (non-hydrogen) atoms. The van der Waals surface area contributed by atoms with Gasteiger partial charge in [-0.15, -0.1) is 0 Å². The van der Waals surface area contributed by atoms with Crippen molar-refractivity contribution in [2.45, 2.75) is 38.1 Å². The van der Waals surface area contributed by atoms with Gasteiger partial charge in [0.1, 0.15) is 5.75 Å². The molecule has 0 spiro atoms. The first-order valence-electron chi connectivity index (χ1n) is 9.48. The van der Waals surface area contributed by atoms with Crippen molar-refractivity contribution in [1.29, 1.82) is 0 Å². The number of carbonyl (C=O) groups is 1. The molecule has 2 aliphatic rings. The molecule has 0 bridgehead atoms. The van der Waals surface area contributed by atoms with Gasteiger partial charge in [0.05, 0.1) is 13.2 Å². The van der Waals surface area contributed by atoms with Gasteiger partial charge in [0.25, 0.3) is 0 Å². The molecule has 1 amide bonds. The van der Waals surface area contributed by atoms with Crippen molar-refractivity contribution in [3.05, 3.63) is 29.8 Å². The van der Waals surface area contributed by atoms with Gasteiger partial charge in [-0.1, -0.05) is 12.1 Å². The predicted molar refractivity (Wildman–Crippen MR) is 97.7 cm³/mol. The van der Waals surface area contributed by atoms with Crippen LogP contribution in [0.5, 0.6) is 5.75 Å². The number of ether oxygens (including phenoxy) is 2. The van der Waals surface area contributed by atoms with Crippen LogP contribution in [0.1, 0.15) is 43.7 Å². The molecule has 0 aromatic heterocycles. The lowest BCUT2D eigenvalue weighted by Crippen LogP contribution is -2.38. The number of amides is 1. The van der Waals surface area contributed by atoms with E-state index in [9.17, 15) is 4.79 Å². The van der Waals surface area contributed by atoms with Gasteiger partial charge in [-0.05, 0) is 62.4 Å². The SMILES string of the molecule is COc1ccc([C@H](CN2CCCC2)NC(=O)C[C@@H]2CCCOC2)cc1. The molecular weight excluding hydrogens is 316 g/mol. The summed E-state index contributed by atoms with van der Waals surface area (Å²) in [6.45, 7) is 4.67. The number of nitrogens with zero attached hydrogens (tertiary/aromatic N) is 1. The molecule has 2 fully saturated rings. The second kappa shape index (κ2) is 9.20. The molecule has 1 N–H and O–H groups in total. The Kier molecular flexibility index (Phi) is 6.70. The summed E-state index contributed by atoms with van der Waals surface area (Å²) in [5, 5.41) is 3.27. The lowest BCUT2D eigenvalue weighted by molar-refractivity contribution is -0.124. The minimum Gasteiger partial charge on any atom is -0.497 e.